The van der Waals surface area contributed by atoms with Crippen molar-refractivity contribution < 1.29 is 4.74 Å². The van der Waals surface area contributed by atoms with Gasteiger partial charge in [-0.2, -0.15) is 0 Å². The summed E-state index contributed by atoms with van der Waals surface area (Å²) in [5, 5.41) is 0. The van der Waals surface area contributed by atoms with Gasteiger partial charge in [0.05, 0.1) is 7.11 Å². The van der Waals surface area contributed by atoms with Crippen LogP contribution in [0.5, 0.6) is 5.75 Å². The van der Waals surface area contributed by atoms with Crippen LogP contribution in [-0.2, 0) is 0 Å². The van der Waals surface area contributed by atoms with Crippen LogP contribution in [0.1, 0.15) is 57.4 Å². The van der Waals surface area contributed by atoms with Crippen LogP contribution >= 0.6 is 0 Å². The average molecular weight is 220 g/mol. The molecule has 0 aliphatic heterocycles. The summed E-state index contributed by atoms with van der Waals surface area (Å²) >= 11 is 0. The number of hydrogen-bond donors (Lipinski definition) is 0. The molecule has 0 amide bonds. The fourth-order valence-electron chi connectivity index (χ4n) is 2.33. The first-order valence-electron chi connectivity index (χ1n) is 6.54. The van der Waals surface area contributed by atoms with Crippen LogP contribution in [0.2, 0.25) is 0 Å². The number of hydrogen-bond acceptors (Lipinski definition) is 1. The Kier molecular flexibility index (Phi) is 5.99. The van der Waals surface area contributed by atoms with Gasteiger partial charge in [-0.05, 0) is 36.5 Å². The third-order valence-electron chi connectivity index (χ3n) is 3.17. The molecule has 1 aliphatic carbocycles. The molecular weight excluding hydrogens is 196 g/mol. The molecule has 0 heterocycles. The van der Waals surface area contributed by atoms with E-state index in [-0.39, 0.29) is 0 Å². The van der Waals surface area contributed by atoms with Gasteiger partial charge in [0.1, 0.15) is 5.75 Å². The molecule has 0 spiro atoms. The van der Waals surface area contributed by atoms with Crippen molar-refractivity contribution in [3.63, 3.8) is 0 Å². The minimum Gasteiger partial charge on any atom is -0.497 e. The molecule has 0 atom stereocenters. The molecule has 2 rings (SSSR count). The van der Waals surface area contributed by atoms with Gasteiger partial charge in [0.25, 0.3) is 0 Å². The molecule has 0 radical (unpaired) electrons. The Labute approximate surface area is 99.8 Å². The molecule has 0 bridgehead atoms. The molecule has 0 aromatic heterocycles. The lowest BCUT2D eigenvalue weighted by molar-refractivity contribution is 0.409. The SMILES string of the molecule is CC.COc1cccc(C2CCCCC2)c1. The van der Waals surface area contributed by atoms with E-state index >= 15 is 0 Å². The fraction of sp³-hybridized carbons (Fsp3) is 0.600. The quantitative estimate of drug-likeness (QED) is 0.697. The number of ether oxygens (including phenoxy) is 1. The Balaban J connectivity index is 0.000000606. The number of rotatable bonds is 2. The van der Waals surface area contributed by atoms with Crippen molar-refractivity contribution in [3.8, 4) is 5.75 Å². The van der Waals surface area contributed by atoms with E-state index in [0.29, 0.717) is 0 Å². The first-order valence-corrected chi connectivity index (χ1v) is 6.54. The minimum absolute atomic E-state index is 0.777. The fourth-order valence-corrected chi connectivity index (χ4v) is 2.33. The van der Waals surface area contributed by atoms with Gasteiger partial charge in [0.2, 0.25) is 0 Å². The molecule has 90 valence electrons. The van der Waals surface area contributed by atoms with E-state index in [0.717, 1.165) is 11.7 Å². The second kappa shape index (κ2) is 7.32. The van der Waals surface area contributed by atoms with Crippen LogP contribution in [0.15, 0.2) is 24.3 Å². The first-order chi connectivity index (χ1) is 7.90. The van der Waals surface area contributed by atoms with Crippen LogP contribution in [0.4, 0.5) is 0 Å². The summed E-state index contributed by atoms with van der Waals surface area (Å²) < 4.78 is 5.25. The van der Waals surface area contributed by atoms with E-state index in [1.54, 1.807) is 7.11 Å². The van der Waals surface area contributed by atoms with Crippen molar-refractivity contribution >= 4 is 0 Å². The van der Waals surface area contributed by atoms with Crippen molar-refractivity contribution in [1.82, 2.24) is 0 Å². The van der Waals surface area contributed by atoms with E-state index in [2.05, 4.69) is 18.2 Å². The maximum absolute atomic E-state index is 5.25. The number of benzene rings is 1. The highest BCUT2D eigenvalue weighted by molar-refractivity contribution is 5.30. The average Bonchev–Trinajstić information content (AvgIpc) is 2.42. The van der Waals surface area contributed by atoms with Gasteiger partial charge in [0, 0.05) is 0 Å². The van der Waals surface area contributed by atoms with Crippen LogP contribution in [0.3, 0.4) is 0 Å². The van der Waals surface area contributed by atoms with Crippen molar-refractivity contribution in [2.24, 2.45) is 0 Å². The predicted molar refractivity (Wildman–Crippen MR) is 70.2 cm³/mol. The molecule has 0 saturated heterocycles. The summed E-state index contributed by atoms with van der Waals surface area (Å²) in [7, 11) is 1.74. The van der Waals surface area contributed by atoms with Crippen LogP contribution < -0.4 is 4.74 Å². The van der Waals surface area contributed by atoms with Gasteiger partial charge >= 0.3 is 0 Å². The summed E-state index contributed by atoms with van der Waals surface area (Å²) in [6, 6.07) is 8.55. The third-order valence-corrected chi connectivity index (χ3v) is 3.17. The van der Waals surface area contributed by atoms with Gasteiger partial charge in [-0.25, -0.2) is 0 Å². The molecule has 0 unspecified atom stereocenters. The largest absolute Gasteiger partial charge is 0.497 e. The molecule has 1 aromatic carbocycles. The summed E-state index contributed by atoms with van der Waals surface area (Å²) in [4.78, 5) is 0. The summed E-state index contributed by atoms with van der Waals surface area (Å²) in [6.07, 6.45) is 6.91. The van der Waals surface area contributed by atoms with Gasteiger partial charge in [-0.3, -0.25) is 0 Å². The van der Waals surface area contributed by atoms with Gasteiger partial charge < -0.3 is 4.74 Å². The maximum Gasteiger partial charge on any atom is 0.119 e. The zero-order chi connectivity index (χ0) is 11.8. The van der Waals surface area contributed by atoms with Crippen LogP contribution in [0.25, 0.3) is 0 Å². The van der Waals surface area contributed by atoms with Gasteiger partial charge in [-0.1, -0.05) is 45.2 Å². The summed E-state index contributed by atoms with van der Waals surface area (Å²) in [5.74, 6) is 1.77. The lowest BCUT2D eigenvalue weighted by atomic mass is 9.84. The van der Waals surface area contributed by atoms with Crippen LogP contribution in [-0.4, -0.2) is 7.11 Å². The van der Waals surface area contributed by atoms with Crippen molar-refractivity contribution in [1.29, 1.82) is 0 Å². The third kappa shape index (κ3) is 3.55. The zero-order valence-electron chi connectivity index (χ0n) is 10.8. The molecule has 1 saturated carbocycles. The van der Waals surface area contributed by atoms with E-state index in [1.807, 2.05) is 19.9 Å². The predicted octanol–water partition coefficient (Wildman–Crippen LogP) is 4.77. The smallest absolute Gasteiger partial charge is 0.119 e. The monoisotopic (exact) mass is 220 g/mol. The standard InChI is InChI=1S/C13H18O.C2H6/c1-14-13-9-5-8-12(10-13)11-6-3-2-4-7-11;1-2/h5,8-11H,2-4,6-7H2,1H3;1-2H3. The molecule has 1 aliphatic rings. The topological polar surface area (TPSA) is 9.23 Å². The van der Waals surface area contributed by atoms with Crippen molar-refractivity contribution in [2.75, 3.05) is 7.11 Å². The Morgan fingerprint density at radius 3 is 2.38 bits per heavy atom. The highest BCUT2D eigenvalue weighted by Crippen LogP contribution is 2.33. The van der Waals surface area contributed by atoms with Crippen LogP contribution in [0, 0.1) is 0 Å². The van der Waals surface area contributed by atoms with Crippen molar-refractivity contribution in [2.45, 2.75) is 51.9 Å². The molecule has 1 aromatic rings. The first kappa shape index (κ1) is 13.1. The Morgan fingerprint density at radius 2 is 1.75 bits per heavy atom. The zero-order valence-corrected chi connectivity index (χ0v) is 10.8. The van der Waals surface area contributed by atoms with E-state index in [4.69, 9.17) is 4.74 Å². The normalized spacial score (nSPS) is 16.2. The van der Waals surface area contributed by atoms with Gasteiger partial charge in [-0.15, -0.1) is 0 Å². The second-order valence-electron chi connectivity index (χ2n) is 4.11. The molecule has 1 nitrogen and oxygen atoms in total. The van der Waals surface area contributed by atoms with Crippen molar-refractivity contribution in [3.05, 3.63) is 29.8 Å². The molecule has 16 heavy (non-hydrogen) atoms. The molecule has 0 N–H and O–H groups in total. The van der Waals surface area contributed by atoms with E-state index < -0.39 is 0 Å². The Morgan fingerprint density at radius 1 is 1.06 bits per heavy atom. The highest BCUT2D eigenvalue weighted by Gasteiger charge is 2.15. The highest BCUT2D eigenvalue weighted by atomic mass is 16.5. The van der Waals surface area contributed by atoms with E-state index in [9.17, 15) is 0 Å². The summed E-state index contributed by atoms with van der Waals surface area (Å²) in [6.45, 7) is 4.00. The summed E-state index contributed by atoms with van der Waals surface area (Å²) in [5.41, 5.74) is 1.46. The number of methoxy groups -OCH3 is 1. The maximum atomic E-state index is 5.25. The molecule has 1 fully saturated rings. The second-order valence-corrected chi connectivity index (χ2v) is 4.11. The molecule has 1 heteroatoms. The Hall–Kier alpha value is -0.980. The molecular formula is C15H24O. The van der Waals surface area contributed by atoms with Gasteiger partial charge in [0.15, 0.2) is 0 Å². The lowest BCUT2D eigenvalue weighted by Gasteiger charge is -2.22. The van der Waals surface area contributed by atoms with E-state index in [1.165, 1.54) is 37.7 Å². The lowest BCUT2D eigenvalue weighted by Crippen LogP contribution is -2.04. The minimum atomic E-state index is 0.777. The Bertz CT molecular complexity index is 287.